The first kappa shape index (κ1) is 20.4. The monoisotopic (exact) mass is 450 g/mol. The first-order chi connectivity index (χ1) is 15.6. The molecule has 4 aromatic rings. The molecule has 10 heteroatoms. The lowest BCUT2D eigenvalue weighted by Gasteiger charge is -2.07. The van der Waals surface area contributed by atoms with E-state index in [9.17, 15) is 14.4 Å². The fourth-order valence-corrected chi connectivity index (χ4v) is 4.38. The van der Waals surface area contributed by atoms with Crippen LogP contribution in [0.3, 0.4) is 0 Å². The van der Waals surface area contributed by atoms with Crippen LogP contribution in [0.2, 0.25) is 0 Å². The smallest absolute Gasteiger partial charge is 0.346 e. The third-order valence-corrected chi connectivity index (χ3v) is 6.35. The van der Waals surface area contributed by atoms with E-state index in [0.717, 1.165) is 17.7 Å². The second kappa shape index (κ2) is 8.54. The second-order valence-corrected chi connectivity index (χ2v) is 8.72. The standard InChI is InChI=1S/C22H22N6O3S/c29-19(9-11-26-14-24-17-5-2-1-4-16(17)21(26)30)23-10-12-27-22(31)28(15-7-8-15)20(25-27)18-6-3-13-32-18/h1-6,13-15H,7-12H2,(H,23,29). The van der Waals surface area contributed by atoms with Gasteiger partial charge in [-0.15, -0.1) is 16.4 Å². The van der Waals surface area contributed by atoms with Crippen LogP contribution < -0.4 is 16.6 Å². The highest BCUT2D eigenvalue weighted by Crippen LogP contribution is 2.37. The van der Waals surface area contributed by atoms with Crippen molar-refractivity contribution in [3.05, 3.63) is 68.9 Å². The Labute approximate surface area is 187 Å². The molecular formula is C22H22N6O3S. The molecule has 1 aliphatic rings. The number of rotatable bonds is 8. The summed E-state index contributed by atoms with van der Waals surface area (Å²) in [6.45, 7) is 0.816. The van der Waals surface area contributed by atoms with E-state index in [2.05, 4.69) is 15.4 Å². The number of carbonyl (C=O) groups is 1. The lowest BCUT2D eigenvalue weighted by Crippen LogP contribution is -2.33. The molecule has 1 saturated carbocycles. The largest absolute Gasteiger partial charge is 0.354 e. The molecule has 1 fully saturated rings. The zero-order valence-electron chi connectivity index (χ0n) is 17.3. The van der Waals surface area contributed by atoms with Crippen LogP contribution >= 0.6 is 11.3 Å². The van der Waals surface area contributed by atoms with Crippen molar-refractivity contribution in [1.82, 2.24) is 29.2 Å². The summed E-state index contributed by atoms with van der Waals surface area (Å²) >= 11 is 1.55. The summed E-state index contributed by atoms with van der Waals surface area (Å²) < 4.78 is 4.63. The fourth-order valence-electron chi connectivity index (χ4n) is 3.68. The first-order valence-electron chi connectivity index (χ1n) is 10.6. The van der Waals surface area contributed by atoms with Crippen LogP contribution in [0.5, 0.6) is 0 Å². The normalized spacial score (nSPS) is 13.5. The van der Waals surface area contributed by atoms with Gasteiger partial charge in [-0.05, 0) is 36.4 Å². The Morgan fingerprint density at radius 1 is 1.12 bits per heavy atom. The summed E-state index contributed by atoms with van der Waals surface area (Å²) in [6, 6.07) is 11.2. The van der Waals surface area contributed by atoms with Crippen LogP contribution in [0.4, 0.5) is 0 Å². The van der Waals surface area contributed by atoms with Crippen LogP contribution in [-0.4, -0.2) is 36.4 Å². The summed E-state index contributed by atoms with van der Waals surface area (Å²) in [6.07, 6.45) is 3.59. The molecule has 164 valence electrons. The van der Waals surface area contributed by atoms with Gasteiger partial charge in [0.25, 0.3) is 5.56 Å². The number of hydrogen-bond donors (Lipinski definition) is 1. The molecule has 9 nitrogen and oxygen atoms in total. The molecule has 3 heterocycles. The molecule has 3 aromatic heterocycles. The minimum atomic E-state index is -0.196. The van der Waals surface area contributed by atoms with Gasteiger partial charge in [-0.25, -0.2) is 14.5 Å². The van der Waals surface area contributed by atoms with Crippen LogP contribution in [-0.2, 0) is 17.9 Å². The molecule has 0 saturated heterocycles. The first-order valence-corrected chi connectivity index (χ1v) is 11.4. The van der Waals surface area contributed by atoms with E-state index in [0.29, 0.717) is 23.3 Å². The number of carbonyl (C=O) groups excluding carboxylic acids is 1. The highest BCUT2D eigenvalue weighted by atomic mass is 32.1. The van der Waals surface area contributed by atoms with E-state index in [1.807, 2.05) is 23.6 Å². The number of benzene rings is 1. The molecule has 0 spiro atoms. The Bertz CT molecular complexity index is 1380. The average Bonchev–Trinajstić information content (AvgIpc) is 3.37. The Morgan fingerprint density at radius 2 is 1.97 bits per heavy atom. The van der Waals surface area contributed by atoms with E-state index in [1.165, 1.54) is 15.6 Å². The average molecular weight is 451 g/mol. The third kappa shape index (κ3) is 4.01. The number of nitrogens with one attached hydrogen (secondary N) is 1. The summed E-state index contributed by atoms with van der Waals surface area (Å²) in [4.78, 5) is 42.8. The summed E-state index contributed by atoms with van der Waals surface area (Å²) in [5.74, 6) is 0.500. The van der Waals surface area contributed by atoms with Crippen molar-refractivity contribution in [3.8, 4) is 10.7 Å². The number of nitrogens with zero attached hydrogens (tertiary/aromatic N) is 5. The highest BCUT2D eigenvalue weighted by molar-refractivity contribution is 7.13. The van der Waals surface area contributed by atoms with Gasteiger partial charge in [0.05, 0.1) is 28.7 Å². The Balaban J connectivity index is 1.20. The van der Waals surface area contributed by atoms with Crippen LogP contribution in [0.25, 0.3) is 21.6 Å². The van der Waals surface area contributed by atoms with Crippen molar-refractivity contribution < 1.29 is 4.79 Å². The zero-order chi connectivity index (χ0) is 22.1. The Kier molecular flexibility index (Phi) is 5.44. The van der Waals surface area contributed by atoms with Crippen LogP contribution in [0.15, 0.2) is 57.7 Å². The Morgan fingerprint density at radius 3 is 2.75 bits per heavy atom. The van der Waals surface area contributed by atoms with Crippen molar-refractivity contribution in [3.63, 3.8) is 0 Å². The SMILES string of the molecule is O=C(CCn1cnc2ccccc2c1=O)NCCn1nc(-c2cccs2)n(C2CC2)c1=O. The minimum Gasteiger partial charge on any atom is -0.354 e. The minimum absolute atomic E-state index is 0.140. The number of hydrogen-bond acceptors (Lipinski definition) is 6. The number of aromatic nitrogens is 5. The molecule has 0 unspecified atom stereocenters. The molecule has 0 bridgehead atoms. The topological polar surface area (TPSA) is 104 Å². The van der Waals surface area contributed by atoms with Crippen LogP contribution in [0.1, 0.15) is 25.3 Å². The number of amides is 1. The predicted octanol–water partition coefficient (Wildman–Crippen LogP) is 2.02. The molecule has 32 heavy (non-hydrogen) atoms. The lowest BCUT2D eigenvalue weighted by atomic mass is 10.2. The number of para-hydroxylation sites is 1. The summed E-state index contributed by atoms with van der Waals surface area (Å²) in [5.41, 5.74) is 0.330. The van der Waals surface area contributed by atoms with E-state index in [4.69, 9.17) is 0 Å². The van der Waals surface area contributed by atoms with Gasteiger partial charge in [-0.2, -0.15) is 0 Å². The summed E-state index contributed by atoms with van der Waals surface area (Å²) in [5, 5.41) is 9.82. The van der Waals surface area contributed by atoms with E-state index < -0.39 is 0 Å². The molecule has 1 amide bonds. The molecule has 0 radical (unpaired) electrons. The van der Waals surface area contributed by atoms with Gasteiger partial charge in [0, 0.05) is 25.6 Å². The van der Waals surface area contributed by atoms with E-state index in [1.54, 1.807) is 34.1 Å². The fraction of sp³-hybridized carbons (Fsp3) is 0.318. The van der Waals surface area contributed by atoms with E-state index >= 15 is 0 Å². The molecule has 1 aromatic carbocycles. The maximum Gasteiger partial charge on any atom is 0.346 e. The number of fused-ring (bicyclic) bond motifs is 1. The van der Waals surface area contributed by atoms with Crippen molar-refractivity contribution in [2.75, 3.05) is 6.54 Å². The van der Waals surface area contributed by atoms with Gasteiger partial charge in [0.15, 0.2) is 5.82 Å². The van der Waals surface area contributed by atoms with Gasteiger partial charge in [0.2, 0.25) is 5.91 Å². The van der Waals surface area contributed by atoms with E-state index in [-0.39, 0.29) is 42.7 Å². The Hall–Kier alpha value is -3.53. The predicted molar refractivity (Wildman–Crippen MR) is 122 cm³/mol. The second-order valence-electron chi connectivity index (χ2n) is 7.77. The van der Waals surface area contributed by atoms with Gasteiger partial charge < -0.3 is 5.32 Å². The maximum atomic E-state index is 12.8. The quantitative estimate of drug-likeness (QED) is 0.442. The number of thiophene rings is 1. The van der Waals surface area contributed by atoms with Gasteiger partial charge in [0.1, 0.15) is 0 Å². The maximum absolute atomic E-state index is 12.8. The number of aryl methyl sites for hydroxylation is 1. The third-order valence-electron chi connectivity index (χ3n) is 5.48. The zero-order valence-corrected chi connectivity index (χ0v) is 18.1. The molecule has 0 aliphatic heterocycles. The van der Waals surface area contributed by atoms with Gasteiger partial charge in [-0.1, -0.05) is 18.2 Å². The van der Waals surface area contributed by atoms with Crippen molar-refractivity contribution in [1.29, 1.82) is 0 Å². The lowest BCUT2D eigenvalue weighted by molar-refractivity contribution is -0.121. The molecular weight excluding hydrogens is 428 g/mol. The summed E-state index contributed by atoms with van der Waals surface area (Å²) in [7, 11) is 0. The van der Waals surface area contributed by atoms with Crippen LogP contribution in [0, 0.1) is 0 Å². The van der Waals surface area contributed by atoms with Gasteiger partial charge in [-0.3, -0.25) is 18.7 Å². The highest BCUT2D eigenvalue weighted by Gasteiger charge is 2.30. The molecule has 5 rings (SSSR count). The van der Waals surface area contributed by atoms with Crippen molar-refractivity contribution in [2.24, 2.45) is 0 Å². The van der Waals surface area contributed by atoms with Crippen molar-refractivity contribution >= 4 is 28.1 Å². The van der Waals surface area contributed by atoms with Crippen molar-refractivity contribution in [2.45, 2.75) is 38.4 Å². The molecule has 0 atom stereocenters. The van der Waals surface area contributed by atoms with Gasteiger partial charge >= 0.3 is 5.69 Å². The molecule has 1 aliphatic carbocycles. The molecule has 1 N–H and O–H groups in total.